The number of nitrogens with zero attached hydrogens (tertiary/aromatic N) is 1. The average Bonchev–Trinajstić information content (AvgIpc) is 2.89. The first kappa shape index (κ1) is 11.1. The van der Waals surface area contributed by atoms with Gasteiger partial charge in [0.05, 0.1) is 5.41 Å². The quantitative estimate of drug-likeness (QED) is 0.712. The summed E-state index contributed by atoms with van der Waals surface area (Å²) in [6, 6.07) is 1.82. The Bertz CT molecular complexity index is 355. The van der Waals surface area contributed by atoms with Gasteiger partial charge >= 0.3 is 5.97 Å². The van der Waals surface area contributed by atoms with E-state index in [-0.39, 0.29) is 5.92 Å². The molecular weight excluding hydrogens is 206 g/mol. The minimum Gasteiger partial charge on any atom is -0.481 e. The SMILES string of the molecule is NCC(c1ccn[nH]1)C1(C(=O)O)CCCC1. The summed E-state index contributed by atoms with van der Waals surface area (Å²) >= 11 is 0. The molecule has 16 heavy (non-hydrogen) atoms. The lowest BCUT2D eigenvalue weighted by atomic mass is 9.72. The van der Waals surface area contributed by atoms with Crippen LogP contribution < -0.4 is 5.73 Å². The number of nitrogens with two attached hydrogens (primary N) is 1. The van der Waals surface area contributed by atoms with Crippen molar-refractivity contribution in [2.75, 3.05) is 6.54 Å². The number of carboxylic acids is 1. The Balaban J connectivity index is 2.34. The smallest absolute Gasteiger partial charge is 0.310 e. The number of aromatic amines is 1. The van der Waals surface area contributed by atoms with Gasteiger partial charge in [0, 0.05) is 24.4 Å². The van der Waals surface area contributed by atoms with Gasteiger partial charge in [-0.05, 0) is 18.9 Å². The molecule has 5 heteroatoms. The minimum absolute atomic E-state index is 0.157. The van der Waals surface area contributed by atoms with Crippen LogP contribution in [0.25, 0.3) is 0 Å². The highest BCUT2D eigenvalue weighted by molar-refractivity contribution is 5.76. The molecule has 1 atom stereocenters. The molecule has 0 aliphatic heterocycles. The maximum Gasteiger partial charge on any atom is 0.310 e. The van der Waals surface area contributed by atoms with E-state index in [2.05, 4.69) is 10.2 Å². The van der Waals surface area contributed by atoms with Crippen LogP contribution in [0, 0.1) is 5.41 Å². The van der Waals surface area contributed by atoms with Gasteiger partial charge in [0.2, 0.25) is 0 Å². The van der Waals surface area contributed by atoms with Gasteiger partial charge in [0.25, 0.3) is 0 Å². The van der Waals surface area contributed by atoms with Gasteiger partial charge in [-0.15, -0.1) is 0 Å². The molecule has 0 bridgehead atoms. The van der Waals surface area contributed by atoms with Crippen LogP contribution in [0.4, 0.5) is 0 Å². The molecule has 1 unspecified atom stereocenters. The third kappa shape index (κ3) is 1.61. The number of H-pyrrole nitrogens is 1. The molecule has 1 aliphatic carbocycles. The van der Waals surface area contributed by atoms with Crippen LogP contribution in [0.15, 0.2) is 12.3 Å². The summed E-state index contributed by atoms with van der Waals surface area (Å²) in [5.74, 6) is -0.884. The van der Waals surface area contributed by atoms with Gasteiger partial charge in [-0.1, -0.05) is 12.8 Å². The molecule has 1 heterocycles. The zero-order chi connectivity index (χ0) is 11.6. The van der Waals surface area contributed by atoms with E-state index in [1.54, 1.807) is 6.20 Å². The molecule has 0 saturated heterocycles. The molecule has 2 rings (SSSR count). The van der Waals surface area contributed by atoms with Crippen LogP contribution in [0.5, 0.6) is 0 Å². The Morgan fingerprint density at radius 2 is 2.31 bits per heavy atom. The van der Waals surface area contributed by atoms with Gasteiger partial charge in [-0.3, -0.25) is 9.89 Å². The van der Waals surface area contributed by atoms with Crippen molar-refractivity contribution < 1.29 is 9.90 Å². The number of hydrogen-bond donors (Lipinski definition) is 3. The number of carboxylic acid groups (broad SMARTS) is 1. The summed E-state index contributed by atoms with van der Waals surface area (Å²) in [6.07, 6.45) is 5.00. The number of aliphatic carboxylic acids is 1. The lowest BCUT2D eigenvalue weighted by Crippen LogP contribution is -2.38. The number of hydrogen-bond acceptors (Lipinski definition) is 3. The van der Waals surface area contributed by atoms with E-state index < -0.39 is 11.4 Å². The molecule has 1 fully saturated rings. The average molecular weight is 223 g/mol. The molecule has 1 saturated carbocycles. The van der Waals surface area contributed by atoms with Crippen LogP contribution in [0.2, 0.25) is 0 Å². The fourth-order valence-corrected chi connectivity index (χ4v) is 2.83. The molecule has 4 N–H and O–H groups in total. The van der Waals surface area contributed by atoms with Gasteiger partial charge in [0.15, 0.2) is 0 Å². The van der Waals surface area contributed by atoms with E-state index in [1.807, 2.05) is 6.07 Å². The lowest BCUT2D eigenvalue weighted by Gasteiger charge is -2.32. The summed E-state index contributed by atoms with van der Waals surface area (Å²) in [6.45, 7) is 0.342. The predicted molar refractivity (Wildman–Crippen MR) is 58.9 cm³/mol. The highest BCUT2D eigenvalue weighted by atomic mass is 16.4. The summed E-state index contributed by atoms with van der Waals surface area (Å²) in [5.41, 5.74) is 5.90. The normalized spacial score (nSPS) is 20.8. The first-order valence-corrected chi connectivity index (χ1v) is 5.63. The molecule has 1 aliphatic rings. The van der Waals surface area contributed by atoms with E-state index in [1.165, 1.54) is 0 Å². The fourth-order valence-electron chi connectivity index (χ4n) is 2.83. The largest absolute Gasteiger partial charge is 0.481 e. The number of aromatic nitrogens is 2. The Hall–Kier alpha value is -1.36. The van der Waals surface area contributed by atoms with E-state index >= 15 is 0 Å². The first-order valence-electron chi connectivity index (χ1n) is 5.63. The maximum atomic E-state index is 11.5. The van der Waals surface area contributed by atoms with Crippen molar-refractivity contribution in [1.29, 1.82) is 0 Å². The third-order valence-electron chi connectivity index (χ3n) is 3.72. The lowest BCUT2D eigenvalue weighted by molar-refractivity contribution is -0.150. The summed E-state index contributed by atoms with van der Waals surface area (Å²) < 4.78 is 0. The number of nitrogens with one attached hydrogen (secondary N) is 1. The Morgan fingerprint density at radius 3 is 2.75 bits per heavy atom. The van der Waals surface area contributed by atoms with E-state index in [0.717, 1.165) is 18.5 Å². The Morgan fingerprint density at radius 1 is 1.62 bits per heavy atom. The molecule has 0 amide bonds. The topological polar surface area (TPSA) is 92.0 Å². The Labute approximate surface area is 94.0 Å². The zero-order valence-electron chi connectivity index (χ0n) is 9.15. The zero-order valence-corrected chi connectivity index (χ0v) is 9.15. The molecule has 88 valence electrons. The number of carbonyl (C=O) groups is 1. The third-order valence-corrected chi connectivity index (χ3v) is 3.72. The van der Waals surface area contributed by atoms with Gasteiger partial charge in [0.1, 0.15) is 0 Å². The van der Waals surface area contributed by atoms with E-state index in [4.69, 9.17) is 5.73 Å². The van der Waals surface area contributed by atoms with Crippen molar-refractivity contribution in [3.05, 3.63) is 18.0 Å². The van der Waals surface area contributed by atoms with Crippen molar-refractivity contribution in [1.82, 2.24) is 10.2 Å². The summed E-state index contributed by atoms with van der Waals surface area (Å²) in [5, 5.41) is 16.2. The molecule has 0 aromatic carbocycles. The molecule has 0 radical (unpaired) electrons. The summed E-state index contributed by atoms with van der Waals surface area (Å²) in [7, 11) is 0. The molecule has 5 nitrogen and oxygen atoms in total. The van der Waals surface area contributed by atoms with Gasteiger partial charge in [-0.25, -0.2) is 0 Å². The Kier molecular flexibility index (Phi) is 2.96. The standard InChI is InChI=1S/C11H17N3O2/c12-7-8(9-3-6-13-14-9)11(10(15)16)4-1-2-5-11/h3,6,8H,1-2,4-5,7,12H2,(H,13,14)(H,15,16). The molecule has 0 spiro atoms. The van der Waals surface area contributed by atoms with Crippen LogP contribution >= 0.6 is 0 Å². The maximum absolute atomic E-state index is 11.5. The fraction of sp³-hybridized carbons (Fsp3) is 0.636. The second-order valence-corrected chi connectivity index (χ2v) is 4.47. The van der Waals surface area contributed by atoms with Crippen LogP contribution in [0.1, 0.15) is 37.3 Å². The van der Waals surface area contributed by atoms with Gasteiger partial charge < -0.3 is 10.8 Å². The predicted octanol–water partition coefficient (Wildman–Crippen LogP) is 1.10. The monoisotopic (exact) mass is 223 g/mol. The van der Waals surface area contributed by atoms with Crippen molar-refractivity contribution in [2.24, 2.45) is 11.1 Å². The second kappa shape index (κ2) is 4.25. The second-order valence-electron chi connectivity index (χ2n) is 4.47. The molecular formula is C11H17N3O2. The van der Waals surface area contributed by atoms with Crippen molar-refractivity contribution >= 4 is 5.97 Å². The highest BCUT2D eigenvalue weighted by Crippen LogP contribution is 2.48. The van der Waals surface area contributed by atoms with E-state index in [9.17, 15) is 9.90 Å². The van der Waals surface area contributed by atoms with Crippen LogP contribution in [0.3, 0.4) is 0 Å². The first-order chi connectivity index (χ1) is 7.70. The van der Waals surface area contributed by atoms with Gasteiger partial charge in [-0.2, -0.15) is 5.10 Å². The van der Waals surface area contributed by atoms with Crippen LogP contribution in [-0.2, 0) is 4.79 Å². The minimum atomic E-state index is -0.727. The van der Waals surface area contributed by atoms with Crippen molar-refractivity contribution in [2.45, 2.75) is 31.6 Å². The summed E-state index contributed by atoms with van der Waals surface area (Å²) in [4.78, 5) is 11.5. The molecule has 1 aromatic heterocycles. The van der Waals surface area contributed by atoms with Crippen LogP contribution in [-0.4, -0.2) is 27.8 Å². The highest BCUT2D eigenvalue weighted by Gasteiger charge is 2.48. The van der Waals surface area contributed by atoms with E-state index in [0.29, 0.717) is 19.4 Å². The van der Waals surface area contributed by atoms with Crippen molar-refractivity contribution in [3.63, 3.8) is 0 Å². The molecule has 1 aromatic rings. The number of rotatable bonds is 4. The van der Waals surface area contributed by atoms with Crippen molar-refractivity contribution in [3.8, 4) is 0 Å².